The molecule has 146 valence electrons. The highest BCUT2D eigenvalue weighted by molar-refractivity contribution is 5.26. The third-order valence-electron chi connectivity index (χ3n) is 4.32. The Morgan fingerprint density at radius 1 is 1.00 bits per heavy atom. The average Bonchev–Trinajstić information content (AvgIpc) is 2.73. The highest BCUT2D eigenvalue weighted by Gasteiger charge is 2.09. The van der Waals surface area contributed by atoms with Crippen LogP contribution in [0, 0.1) is 0 Å². The van der Waals surface area contributed by atoms with Gasteiger partial charge < -0.3 is 19.3 Å². The Kier molecular flexibility index (Phi) is 9.63. The second-order valence-electron chi connectivity index (χ2n) is 6.55. The van der Waals surface area contributed by atoms with Crippen molar-refractivity contribution in [3.8, 4) is 5.75 Å². The molecule has 2 aromatic carbocycles. The van der Waals surface area contributed by atoms with Crippen molar-refractivity contribution in [1.82, 2.24) is 0 Å². The highest BCUT2D eigenvalue weighted by atomic mass is 16.5. The van der Waals surface area contributed by atoms with E-state index in [0.29, 0.717) is 19.8 Å². The van der Waals surface area contributed by atoms with Crippen LogP contribution >= 0.6 is 0 Å². The van der Waals surface area contributed by atoms with Gasteiger partial charge in [-0.05, 0) is 43.0 Å². The maximum absolute atomic E-state index is 9.20. The lowest BCUT2D eigenvalue weighted by Gasteiger charge is -2.17. The molecule has 0 heterocycles. The molecule has 0 aliphatic carbocycles. The molecular weight excluding hydrogens is 340 g/mol. The van der Waals surface area contributed by atoms with Crippen molar-refractivity contribution in [2.24, 2.45) is 0 Å². The van der Waals surface area contributed by atoms with Crippen LogP contribution in [-0.4, -0.2) is 31.5 Å². The van der Waals surface area contributed by atoms with E-state index in [0.717, 1.165) is 29.7 Å². The molecule has 0 unspecified atom stereocenters. The molecule has 27 heavy (non-hydrogen) atoms. The third-order valence-corrected chi connectivity index (χ3v) is 4.32. The van der Waals surface area contributed by atoms with Gasteiger partial charge in [0.15, 0.2) is 0 Å². The smallest absolute Gasteiger partial charge is 0.118 e. The highest BCUT2D eigenvalue weighted by Crippen LogP contribution is 2.15. The number of hydrogen-bond donors (Lipinski definition) is 1. The van der Waals surface area contributed by atoms with Crippen molar-refractivity contribution >= 4 is 0 Å². The first kappa shape index (κ1) is 21.2. The zero-order chi connectivity index (χ0) is 19.3. The summed E-state index contributed by atoms with van der Waals surface area (Å²) < 4.78 is 17.1. The van der Waals surface area contributed by atoms with E-state index in [1.165, 1.54) is 5.56 Å². The molecule has 4 heteroatoms. The van der Waals surface area contributed by atoms with Crippen molar-refractivity contribution in [3.05, 3.63) is 77.4 Å². The van der Waals surface area contributed by atoms with E-state index in [-0.39, 0.29) is 12.7 Å². The Morgan fingerprint density at radius 2 is 1.70 bits per heavy atom. The number of aliphatic hydroxyl groups excluding tert-OH is 1. The summed E-state index contributed by atoms with van der Waals surface area (Å²) in [5, 5.41) is 9.20. The number of hydrogen-bond acceptors (Lipinski definition) is 4. The van der Waals surface area contributed by atoms with Gasteiger partial charge in [-0.25, -0.2) is 0 Å². The lowest BCUT2D eigenvalue weighted by molar-refractivity contribution is 0.0103. The Balaban J connectivity index is 1.81. The van der Waals surface area contributed by atoms with Crippen LogP contribution in [0.25, 0.3) is 0 Å². The molecule has 4 nitrogen and oxygen atoms in total. The molecule has 2 rings (SSSR count). The van der Waals surface area contributed by atoms with Crippen molar-refractivity contribution in [2.45, 2.75) is 39.1 Å². The van der Waals surface area contributed by atoms with Crippen LogP contribution in [0.2, 0.25) is 0 Å². The molecule has 0 bridgehead atoms. The maximum atomic E-state index is 9.20. The minimum absolute atomic E-state index is 0.0457. The van der Waals surface area contributed by atoms with Gasteiger partial charge in [0, 0.05) is 6.61 Å². The monoisotopic (exact) mass is 370 g/mol. The lowest BCUT2D eigenvalue weighted by atomic mass is 10.1. The van der Waals surface area contributed by atoms with Crippen LogP contribution in [0.1, 0.15) is 30.9 Å². The van der Waals surface area contributed by atoms with Crippen LogP contribution < -0.4 is 4.74 Å². The van der Waals surface area contributed by atoms with Crippen molar-refractivity contribution < 1.29 is 19.3 Å². The van der Waals surface area contributed by atoms with E-state index >= 15 is 0 Å². The fraction of sp³-hybridized carbons (Fsp3) is 0.391. The van der Waals surface area contributed by atoms with E-state index in [9.17, 15) is 5.11 Å². The minimum atomic E-state index is 0.0457. The molecule has 0 aliphatic rings. The summed E-state index contributed by atoms with van der Waals surface area (Å²) in [5.41, 5.74) is 3.23. The SMILES string of the molecule is COc1ccc(CO[C@H](C/C=C(\C)CO)CCOCc2ccccc2)cc1. The van der Waals surface area contributed by atoms with Gasteiger partial charge in [0.2, 0.25) is 0 Å². The van der Waals surface area contributed by atoms with Gasteiger partial charge in [0.25, 0.3) is 0 Å². The summed E-state index contributed by atoms with van der Waals surface area (Å²) >= 11 is 0. The van der Waals surface area contributed by atoms with Crippen molar-refractivity contribution in [3.63, 3.8) is 0 Å². The van der Waals surface area contributed by atoms with Crippen LogP contribution in [0.3, 0.4) is 0 Å². The molecule has 0 saturated carbocycles. The molecular formula is C23H30O4. The van der Waals surface area contributed by atoms with Crippen LogP contribution in [-0.2, 0) is 22.7 Å². The molecule has 0 fully saturated rings. The quantitative estimate of drug-likeness (QED) is 0.441. The molecule has 0 aromatic heterocycles. The first-order valence-corrected chi connectivity index (χ1v) is 9.34. The number of benzene rings is 2. The molecule has 0 saturated heterocycles. The summed E-state index contributed by atoms with van der Waals surface area (Å²) in [6.07, 6.45) is 3.65. The second-order valence-corrected chi connectivity index (χ2v) is 6.55. The molecule has 1 atom stereocenters. The summed E-state index contributed by atoms with van der Waals surface area (Å²) in [7, 11) is 1.66. The topological polar surface area (TPSA) is 47.9 Å². The summed E-state index contributed by atoms with van der Waals surface area (Å²) in [6.45, 7) is 3.78. The first-order valence-electron chi connectivity index (χ1n) is 9.34. The summed E-state index contributed by atoms with van der Waals surface area (Å²) in [5.74, 6) is 0.839. The lowest BCUT2D eigenvalue weighted by Crippen LogP contribution is -2.15. The molecule has 0 aliphatic heterocycles. The molecule has 1 N–H and O–H groups in total. The fourth-order valence-corrected chi connectivity index (χ4v) is 2.58. The standard InChI is InChI=1S/C23H30O4/c1-19(16-24)8-11-23(14-15-26-17-20-6-4-3-5-7-20)27-18-21-9-12-22(25-2)13-10-21/h3-10,12-13,23-24H,11,14-18H2,1-2H3/b19-8+/t23-/m1/s1. The zero-order valence-corrected chi connectivity index (χ0v) is 16.3. The molecule has 0 amide bonds. The minimum Gasteiger partial charge on any atom is -0.497 e. The normalized spacial score (nSPS) is 12.8. The Labute approximate surface area is 162 Å². The van der Waals surface area contributed by atoms with E-state index < -0.39 is 0 Å². The number of aliphatic hydroxyl groups is 1. The van der Waals surface area contributed by atoms with E-state index in [1.54, 1.807) is 7.11 Å². The number of ether oxygens (including phenoxy) is 3. The molecule has 0 radical (unpaired) electrons. The van der Waals surface area contributed by atoms with Crippen LogP contribution in [0.15, 0.2) is 66.2 Å². The third kappa shape index (κ3) is 8.39. The van der Waals surface area contributed by atoms with Gasteiger partial charge in [0.05, 0.1) is 33.0 Å². The predicted molar refractivity (Wildman–Crippen MR) is 108 cm³/mol. The zero-order valence-electron chi connectivity index (χ0n) is 16.3. The Bertz CT molecular complexity index is 665. The average molecular weight is 370 g/mol. The predicted octanol–water partition coefficient (Wildman–Crippen LogP) is 4.52. The van der Waals surface area contributed by atoms with Gasteiger partial charge >= 0.3 is 0 Å². The van der Waals surface area contributed by atoms with E-state index in [2.05, 4.69) is 12.1 Å². The maximum Gasteiger partial charge on any atom is 0.118 e. The van der Waals surface area contributed by atoms with Gasteiger partial charge in [0.1, 0.15) is 5.75 Å². The largest absolute Gasteiger partial charge is 0.497 e. The molecule has 0 spiro atoms. The van der Waals surface area contributed by atoms with Crippen molar-refractivity contribution in [2.75, 3.05) is 20.3 Å². The number of rotatable bonds is 12. The van der Waals surface area contributed by atoms with Gasteiger partial charge in [-0.3, -0.25) is 0 Å². The fourth-order valence-electron chi connectivity index (χ4n) is 2.58. The summed E-state index contributed by atoms with van der Waals surface area (Å²) in [6, 6.07) is 18.1. The summed E-state index contributed by atoms with van der Waals surface area (Å²) in [4.78, 5) is 0. The van der Waals surface area contributed by atoms with Crippen LogP contribution in [0.4, 0.5) is 0 Å². The first-order chi connectivity index (χ1) is 13.2. The Hall–Kier alpha value is -2.14. The van der Waals surface area contributed by atoms with E-state index in [4.69, 9.17) is 14.2 Å². The van der Waals surface area contributed by atoms with E-state index in [1.807, 2.05) is 55.5 Å². The van der Waals surface area contributed by atoms with Gasteiger partial charge in [-0.1, -0.05) is 54.1 Å². The van der Waals surface area contributed by atoms with Crippen LogP contribution in [0.5, 0.6) is 5.75 Å². The Morgan fingerprint density at radius 3 is 2.37 bits per heavy atom. The molecule has 2 aromatic rings. The number of methoxy groups -OCH3 is 1. The second kappa shape index (κ2) is 12.3. The van der Waals surface area contributed by atoms with Gasteiger partial charge in [-0.15, -0.1) is 0 Å². The van der Waals surface area contributed by atoms with Gasteiger partial charge in [-0.2, -0.15) is 0 Å². The van der Waals surface area contributed by atoms with Crippen molar-refractivity contribution in [1.29, 1.82) is 0 Å².